The lowest BCUT2D eigenvalue weighted by atomic mass is 10.1. The van der Waals surface area contributed by atoms with Crippen molar-refractivity contribution in [1.82, 2.24) is 4.31 Å². The van der Waals surface area contributed by atoms with Crippen LogP contribution in [0.5, 0.6) is 0 Å². The summed E-state index contributed by atoms with van der Waals surface area (Å²) < 4.78 is 29.8. The van der Waals surface area contributed by atoms with Crippen LogP contribution < -0.4 is 0 Å². The van der Waals surface area contributed by atoms with E-state index in [1.165, 1.54) is 4.90 Å². The molecule has 1 aromatic rings. The summed E-state index contributed by atoms with van der Waals surface area (Å²) in [5.41, 5.74) is 2.98. The van der Waals surface area contributed by atoms with Gasteiger partial charge in [0.15, 0.2) is 0 Å². The molecular formula is C13H17ClN2O3S2. The lowest BCUT2D eigenvalue weighted by molar-refractivity contribution is 0.146. The molecule has 3 rings (SSSR count). The van der Waals surface area contributed by atoms with Crippen molar-refractivity contribution < 1.29 is 12.6 Å². The Morgan fingerprint density at radius 1 is 1.38 bits per heavy atom. The van der Waals surface area contributed by atoms with E-state index < -0.39 is 21.2 Å². The van der Waals surface area contributed by atoms with E-state index in [-0.39, 0.29) is 6.10 Å². The lowest BCUT2D eigenvalue weighted by Gasteiger charge is -2.36. The van der Waals surface area contributed by atoms with E-state index in [1.54, 1.807) is 0 Å². The molecule has 1 atom stereocenters. The average Bonchev–Trinajstić information content (AvgIpc) is 2.81. The third kappa shape index (κ3) is 3.60. The summed E-state index contributed by atoms with van der Waals surface area (Å²) >= 11 is 5.48. The van der Waals surface area contributed by atoms with Crippen LogP contribution in [0.15, 0.2) is 28.1 Å². The molecule has 2 heterocycles. The number of nitrogens with zero attached hydrogens (tertiary/aromatic N) is 2. The highest BCUT2D eigenvalue weighted by Crippen LogP contribution is 2.49. The third-order valence-corrected chi connectivity index (χ3v) is 6.58. The summed E-state index contributed by atoms with van der Waals surface area (Å²) in [4.78, 5) is 5.63. The van der Waals surface area contributed by atoms with Crippen molar-refractivity contribution in [2.24, 2.45) is 4.99 Å². The number of halogens is 1. The molecule has 0 aromatic heterocycles. The van der Waals surface area contributed by atoms with Gasteiger partial charge in [0.05, 0.1) is 23.6 Å². The van der Waals surface area contributed by atoms with Gasteiger partial charge in [-0.15, -0.1) is 11.1 Å². The summed E-state index contributed by atoms with van der Waals surface area (Å²) in [5, 5.41) is 0.724. The van der Waals surface area contributed by atoms with Crippen LogP contribution in [0.4, 0.5) is 5.69 Å². The second-order valence-electron chi connectivity index (χ2n) is 5.18. The zero-order valence-corrected chi connectivity index (χ0v) is 14.0. The highest BCUT2D eigenvalue weighted by atomic mass is 35.5. The van der Waals surface area contributed by atoms with Gasteiger partial charge in [0, 0.05) is 23.0 Å². The van der Waals surface area contributed by atoms with Gasteiger partial charge in [-0.1, -0.05) is 11.6 Å². The second kappa shape index (κ2) is 5.89. The molecule has 0 bridgehead atoms. The second-order valence-corrected chi connectivity index (χ2v) is 9.18. The monoisotopic (exact) mass is 348 g/mol. The Kier molecular flexibility index (Phi) is 4.29. The van der Waals surface area contributed by atoms with Gasteiger partial charge in [-0.3, -0.25) is 8.49 Å². The maximum Gasteiger partial charge on any atom is 0.264 e. The first-order valence-electron chi connectivity index (χ1n) is 6.68. The Morgan fingerprint density at radius 2 is 2.10 bits per heavy atom. The molecule has 0 radical (unpaired) electrons. The number of thiol groups is 1. The van der Waals surface area contributed by atoms with Crippen molar-refractivity contribution in [3.63, 3.8) is 0 Å². The van der Waals surface area contributed by atoms with Crippen LogP contribution in [0.3, 0.4) is 0 Å². The first kappa shape index (κ1) is 15.3. The van der Waals surface area contributed by atoms with Crippen molar-refractivity contribution in [2.75, 3.05) is 19.3 Å². The average molecular weight is 349 g/mol. The molecule has 1 unspecified atom stereocenters. The van der Waals surface area contributed by atoms with Gasteiger partial charge in [-0.05, 0) is 31.0 Å². The van der Waals surface area contributed by atoms with E-state index in [4.69, 9.17) is 15.8 Å². The maximum absolute atomic E-state index is 11.2. The number of fused-ring (bicyclic) bond motifs is 1. The third-order valence-electron chi connectivity index (χ3n) is 3.52. The largest absolute Gasteiger partial charge is 0.267 e. The molecule has 1 aromatic carbocycles. The zero-order chi connectivity index (χ0) is 15.0. The van der Waals surface area contributed by atoms with Gasteiger partial charge < -0.3 is 0 Å². The van der Waals surface area contributed by atoms with Gasteiger partial charge in [0.1, 0.15) is 0 Å². The number of piperidine rings is 1. The predicted molar refractivity (Wildman–Crippen MR) is 87.4 cm³/mol. The smallest absolute Gasteiger partial charge is 0.264 e. The molecule has 0 saturated carbocycles. The van der Waals surface area contributed by atoms with E-state index in [2.05, 4.69) is 9.30 Å². The highest BCUT2D eigenvalue weighted by Gasteiger charge is 2.28. The summed E-state index contributed by atoms with van der Waals surface area (Å²) in [7, 11) is -3.37. The minimum absolute atomic E-state index is 0.204. The predicted octanol–water partition coefficient (Wildman–Crippen LogP) is 2.73. The molecule has 2 aliphatic rings. The van der Waals surface area contributed by atoms with E-state index in [9.17, 15) is 8.42 Å². The van der Waals surface area contributed by atoms with E-state index in [1.807, 2.05) is 23.7 Å². The van der Waals surface area contributed by atoms with Gasteiger partial charge in [-0.25, -0.2) is 4.99 Å². The van der Waals surface area contributed by atoms with Crippen LogP contribution in [-0.4, -0.2) is 43.7 Å². The Bertz CT molecular complexity index is 670. The molecular weight excluding hydrogens is 332 g/mol. The molecule has 0 aliphatic carbocycles. The number of hydrogen-bond donors (Lipinski definition) is 1. The van der Waals surface area contributed by atoms with E-state index >= 15 is 0 Å². The van der Waals surface area contributed by atoms with Crippen LogP contribution in [0.2, 0.25) is 5.02 Å². The fraction of sp³-hybridized carbons (Fsp3) is 0.462. The summed E-state index contributed by atoms with van der Waals surface area (Å²) in [6.45, 7) is 1.62. The highest BCUT2D eigenvalue weighted by molar-refractivity contribution is 8.27. The van der Waals surface area contributed by atoms with Gasteiger partial charge in [-0.2, -0.15) is 8.42 Å². The number of hydrogen-bond acceptors (Lipinski definition) is 5. The number of aliphatic imine (C=N–C) groups is 1. The molecule has 1 saturated heterocycles. The first-order valence-corrected chi connectivity index (χ1v) is 10.2. The van der Waals surface area contributed by atoms with Crippen molar-refractivity contribution in [2.45, 2.75) is 23.8 Å². The summed E-state index contributed by atoms with van der Waals surface area (Å²) in [5.74, 6) is 0. The lowest BCUT2D eigenvalue weighted by Crippen LogP contribution is -2.35. The van der Waals surface area contributed by atoms with Crippen LogP contribution in [0.25, 0.3) is 0 Å². The molecule has 0 N–H and O–H groups in total. The molecule has 21 heavy (non-hydrogen) atoms. The molecule has 5 nitrogen and oxygen atoms in total. The zero-order valence-electron chi connectivity index (χ0n) is 11.6. The quantitative estimate of drug-likeness (QED) is 0.674. The maximum atomic E-state index is 11.2. The van der Waals surface area contributed by atoms with Crippen molar-refractivity contribution in [3.8, 4) is 0 Å². The Balaban J connectivity index is 1.67. The van der Waals surface area contributed by atoms with Crippen LogP contribution >= 0.6 is 22.7 Å². The fourth-order valence-electron chi connectivity index (χ4n) is 2.59. The normalized spacial score (nSPS) is 25.1. The molecule has 0 amide bonds. The van der Waals surface area contributed by atoms with Crippen LogP contribution in [0.1, 0.15) is 12.8 Å². The number of rotatable bonds is 3. The fourth-order valence-corrected chi connectivity index (χ4v) is 5.64. The molecule has 2 aliphatic heterocycles. The Labute approximate surface area is 132 Å². The van der Waals surface area contributed by atoms with Crippen LogP contribution in [0, 0.1) is 0 Å². The summed E-state index contributed by atoms with van der Waals surface area (Å²) in [6.07, 6.45) is 2.33. The Morgan fingerprint density at radius 3 is 2.76 bits per heavy atom. The molecule has 0 spiro atoms. The van der Waals surface area contributed by atoms with E-state index in [0.29, 0.717) is 0 Å². The molecule has 116 valence electrons. The Hall–Kier alpha value is -0.600. The molecule has 8 heteroatoms. The van der Waals surface area contributed by atoms with Crippen LogP contribution in [-0.2, 0) is 14.3 Å². The van der Waals surface area contributed by atoms with Crippen molar-refractivity contribution in [3.05, 3.63) is 23.2 Å². The van der Waals surface area contributed by atoms with Gasteiger partial charge in [0.2, 0.25) is 0 Å². The minimum Gasteiger partial charge on any atom is -0.267 e. The number of benzene rings is 1. The van der Waals surface area contributed by atoms with Crippen molar-refractivity contribution >= 4 is 44.0 Å². The van der Waals surface area contributed by atoms with Gasteiger partial charge in [0.25, 0.3) is 10.1 Å². The minimum atomic E-state index is -3.37. The van der Waals surface area contributed by atoms with Gasteiger partial charge >= 0.3 is 0 Å². The first-order chi connectivity index (χ1) is 9.92. The topological polar surface area (TPSA) is 59.0 Å². The standard InChI is InChI=1S/C13H17ClN2O3S2/c1-21(17,18)19-11-4-6-16(7-5-11)20-9-15-12-3-2-10(14)8-13(12)20/h2-3,8-9,11,20H,4-7H2,1H3. The SMILES string of the molecule is CS(=O)(=O)OC1CCN([SH]2C=Nc3ccc(Cl)cc32)CC1. The van der Waals surface area contributed by atoms with E-state index in [0.717, 1.165) is 42.9 Å². The summed E-state index contributed by atoms with van der Waals surface area (Å²) in [6, 6.07) is 5.77. The van der Waals surface area contributed by atoms with Crippen molar-refractivity contribution in [1.29, 1.82) is 0 Å². The molecule has 1 fully saturated rings.